The average molecular weight is 486 g/mol. The minimum atomic E-state index is -4.08. The summed E-state index contributed by atoms with van der Waals surface area (Å²) in [5.74, 6) is 0.131. The third-order valence-electron chi connectivity index (χ3n) is 4.14. The van der Waals surface area contributed by atoms with Gasteiger partial charge in [0.15, 0.2) is 5.96 Å². The van der Waals surface area contributed by atoms with Gasteiger partial charge in [-0.1, -0.05) is 0 Å². The van der Waals surface area contributed by atoms with Gasteiger partial charge in [-0.15, -0.1) is 24.0 Å². The lowest BCUT2D eigenvalue weighted by molar-refractivity contribution is -0.182. The molecule has 1 aromatic rings. The Balaban J connectivity index is 0.00000338. The van der Waals surface area contributed by atoms with Crippen LogP contribution in [0.3, 0.4) is 0 Å². The molecular weight excluding hydrogens is 460 g/mol. The molecule has 0 saturated heterocycles. The molecule has 0 aromatic carbocycles. The second-order valence-electron chi connectivity index (χ2n) is 6.03. The molecule has 2 rings (SSSR count). The highest BCUT2D eigenvalue weighted by molar-refractivity contribution is 14.0. The van der Waals surface area contributed by atoms with Crippen LogP contribution >= 0.6 is 24.0 Å². The van der Waals surface area contributed by atoms with Crippen molar-refractivity contribution in [2.75, 3.05) is 19.7 Å². The largest absolute Gasteiger partial charge is 0.490 e. The maximum Gasteiger partial charge on any atom is 0.391 e. The fourth-order valence-electron chi connectivity index (χ4n) is 2.83. The molecule has 1 aromatic heterocycles. The molecule has 0 atom stereocenters. The van der Waals surface area contributed by atoms with Crippen molar-refractivity contribution in [2.24, 2.45) is 10.9 Å². The summed E-state index contributed by atoms with van der Waals surface area (Å²) in [6, 6.07) is 3.64. The predicted octanol–water partition coefficient (Wildman–Crippen LogP) is 3.75. The fraction of sp³-hybridized carbons (Fsp3) is 0.647. The van der Waals surface area contributed by atoms with Gasteiger partial charge in [0.2, 0.25) is 0 Å². The summed E-state index contributed by atoms with van der Waals surface area (Å²) in [6.45, 7) is 3.49. The molecule has 5 nitrogen and oxygen atoms in total. The number of aromatic nitrogens is 1. The summed E-state index contributed by atoms with van der Waals surface area (Å²) in [5, 5.41) is 6.35. The van der Waals surface area contributed by atoms with Gasteiger partial charge in [0.1, 0.15) is 12.4 Å². The molecule has 0 spiro atoms. The van der Waals surface area contributed by atoms with Crippen molar-refractivity contribution < 1.29 is 17.9 Å². The number of rotatable bonds is 6. The lowest BCUT2D eigenvalue weighted by Crippen LogP contribution is -2.46. The number of halogens is 4. The molecule has 0 radical (unpaired) electrons. The molecule has 148 valence electrons. The van der Waals surface area contributed by atoms with E-state index in [0.29, 0.717) is 44.2 Å². The van der Waals surface area contributed by atoms with E-state index in [1.165, 1.54) is 0 Å². The van der Waals surface area contributed by atoms with Crippen LogP contribution in [0.5, 0.6) is 5.75 Å². The first-order chi connectivity index (χ1) is 12.0. The Bertz CT molecular complexity index is 535. The Morgan fingerprint density at radius 3 is 2.62 bits per heavy atom. The van der Waals surface area contributed by atoms with E-state index in [2.05, 4.69) is 20.6 Å². The summed E-state index contributed by atoms with van der Waals surface area (Å²) in [7, 11) is 0. The smallest absolute Gasteiger partial charge is 0.391 e. The van der Waals surface area contributed by atoms with Gasteiger partial charge in [0, 0.05) is 18.8 Å². The molecule has 1 saturated carbocycles. The van der Waals surface area contributed by atoms with E-state index in [9.17, 15) is 13.2 Å². The molecule has 2 N–H and O–H groups in total. The second-order valence-corrected chi connectivity index (χ2v) is 6.03. The molecule has 26 heavy (non-hydrogen) atoms. The second kappa shape index (κ2) is 11.5. The van der Waals surface area contributed by atoms with Crippen LogP contribution in [0.4, 0.5) is 13.2 Å². The number of guanidine groups is 1. The normalized spacial score (nSPS) is 20.8. The Morgan fingerprint density at radius 2 is 2.04 bits per heavy atom. The van der Waals surface area contributed by atoms with Crippen molar-refractivity contribution in [3.05, 3.63) is 24.5 Å². The summed E-state index contributed by atoms with van der Waals surface area (Å²) in [5.41, 5.74) is 0. The lowest BCUT2D eigenvalue weighted by atomic mass is 9.85. The van der Waals surface area contributed by atoms with Crippen molar-refractivity contribution >= 4 is 29.9 Å². The SMILES string of the molecule is CCNC(=NCCOc1cccnc1)NC1CCC(C(F)(F)F)CC1.I. The van der Waals surface area contributed by atoms with Crippen molar-refractivity contribution in [2.45, 2.75) is 44.8 Å². The summed E-state index contributed by atoms with van der Waals surface area (Å²) >= 11 is 0. The highest BCUT2D eigenvalue weighted by Gasteiger charge is 2.41. The van der Waals surface area contributed by atoms with Crippen molar-refractivity contribution in [3.8, 4) is 5.75 Å². The molecule has 0 unspecified atom stereocenters. The number of nitrogens with one attached hydrogen (secondary N) is 2. The average Bonchev–Trinajstić information content (AvgIpc) is 2.59. The molecule has 1 fully saturated rings. The van der Waals surface area contributed by atoms with Gasteiger partial charge in [-0.3, -0.25) is 4.98 Å². The predicted molar refractivity (Wildman–Crippen MR) is 106 cm³/mol. The maximum atomic E-state index is 12.7. The van der Waals surface area contributed by atoms with Crippen LogP contribution in [-0.4, -0.2) is 42.9 Å². The van der Waals surface area contributed by atoms with Crippen molar-refractivity contribution in [3.63, 3.8) is 0 Å². The standard InChI is InChI=1S/C17H25F3N4O.HI/c1-2-22-16(23-10-11-25-15-4-3-9-21-12-15)24-14-7-5-13(6-8-14)17(18,19)20;/h3-4,9,12-14H,2,5-8,10-11H2,1H3,(H2,22,23,24);1H. The molecule has 1 heterocycles. The zero-order valence-corrected chi connectivity index (χ0v) is 17.1. The van der Waals surface area contributed by atoms with E-state index in [1.807, 2.05) is 13.0 Å². The van der Waals surface area contributed by atoms with Crippen LogP contribution in [0.2, 0.25) is 0 Å². The van der Waals surface area contributed by atoms with Gasteiger partial charge < -0.3 is 15.4 Å². The first kappa shape index (κ1) is 22.8. The topological polar surface area (TPSA) is 58.5 Å². The van der Waals surface area contributed by atoms with E-state index < -0.39 is 12.1 Å². The minimum Gasteiger partial charge on any atom is -0.490 e. The first-order valence-electron chi connectivity index (χ1n) is 8.63. The van der Waals surface area contributed by atoms with Crippen LogP contribution in [0.25, 0.3) is 0 Å². The van der Waals surface area contributed by atoms with Crippen LogP contribution < -0.4 is 15.4 Å². The van der Waals surface area contributed by atoms with Crippen LogP contribution in [-0.2, 0) is 0 Å². The summed E-state index contributed by atoms with van der Waals surface area (Å²) in [4.78, 5) is 8.38. The Labute approximate surface area is 169 Å². The zero-order valence-electron chi connectivity index (χ0n) is 14.8. The molecule has 0 amide bonds. The van der Waals surface area contributed by atoms with E-state index in [-0.39, 0.29) is 42.9 Å². The minimum absolute atomic E-state index is 0. The van der Waals surface area contributed by atoms with Gasteiger partial charge in [0.05, 0.1) is 18.7 Å². The molecule has 1 aliphatic carbocycles. The van der Waals surface area contributed by atoms with Crippen molar-refractivity contribution in [1.82, 2.24) is 15.6 Å². The lowest BCUT2D eigenvalue weighted by Gasteiger charge is -2.31. The Hall–Kier alpha value is -1.26. The quantitative estimate of drug-likeness (QED) is 0.279. The van der Waals surface area contributed by atoms with Crippen LogP contribution in [0.1, 0.15) is 32.6 Å². The molecule has 0 aliphatic heterocycles. The number of alkyl halides is 3. The number of pyridine rings is 1. The summed E-state index contributed by atoms with van der Waals surface area (Å²) in [6.07, 6.45) is 0.572. The number of hydrogen-bond donors (Lipinski definition) is 2. The molecule has 9 heteroatoms. The molecular formula is C17H26F3IN4O. The van der Waals surface area contributed by atoms with E-state index >= 15 is 0 Å². The van der Waals surface area contributed by atoms with Gasteiger partial charge in [0.25, 0.3) is 0 Å². The van der Waals surface area contributed by atoms with Crippen molar-refractivity contribution in [1.29, 1.82) is 0 Å². The summed E-state index contributed by atoms with van der Waals surface area (Å²) < 4.78 is 43.7. The fourth-order valence-corrected chi connectivity index (χ4v) is 2.83. The highest BCUT2D eigenvalue weighted by Crippen LogP contribution is 2.37. The third-order valence-corrected chi connectivity index (χ3v) is 4.14. The third kappa shape index (κ3) is 7.96. The van der Waals surface area contributed by atoms with Crippen LogP contribution in [0, 0.1) is 5.92 Å². The number of aliphatic imine (C=N–C) groups is 1. The Kier molecular flexibility index (Phi) is 10.0. The Morgan fingerprint density at radius 1 is 1.31 bits per heavy atom. The molecule has 1 aliphatic rings. The zero-order chi connectivity index (χ0) is 18.1. The van der Waals surface area contributed by atoms with Gasteiger partial charge >= 0.3 is 6.18 Å². The molecule has 0 bridgehead atoms. The number of nitrogens with zero attached hydrogens (tertiary/aromatic N) is 2. The first-order valence-corrected chi connectivity index (χ1v) is 8.63. The van der Waals surface area contributed by atoms with Gasteiger partial charge in [-0.05, 0) is 44.7 Å². The highest BCUT2D eigenvalue weighted by atomic mass is 127. The van der Waals surface area contributed by atoms with E-state index in [0.717, 1.165) is 0 Å². The number of hydrogen-bond acceptors (Lipinski definition) is 3. The monoisotopic (exact) mass is 486 g/mol. The van der Waals surface area contributed by atoms with E-state index in [4.69, 9.17) is 4.74 Å². The maximum absolute atomic E-state index is 12.7. The van der Waals surface area contributed by atoms with Crippen LogP contribution in [0.15, 0.2) is 29.5 Å². The van der Waals surface area contributed by atoms with Gasteiger partial charge in [-0.25, -0.2) is 4.99 Å². The number of ether oxygens (including phenoxy) is 1. The van der Waals surface area contributed by atoms with Gasteiger partial charge in [-0.2, -0.15) is 13.2 Å². The van der Waals surface area contributed by atoms with E-state index in [1.54, 1.807) is 18.5 Å².